The molecule has 4 aromatic carbocycles. The number of hydrogen-bond acceptors (Lipinski definition) is 7. The highest BCUT2D eigenvalue weighted by molar-refractivity contribution is 5.81. The van der Waals surface area contributed by atoms with Crippen molar-refractivity contribution in [2.75, 3.05) is 26.3 Å². The Morgan fingerprint density at radius 2 is 1.38 bits per heavy atom. The molecule has 0 saturated carbocycles. The van der Waals surface area contributed by atoms with Crippen LogP contribution in [0.5, 0.6) is 5.75 Å². The van der Waals surface area contributed by atoms with Crippen LogP contribution < -0.4 is 15.4 Å². The first kappa shape index (κ1) is 29.5. The Labute approximate surface area is 247 Å². The fourth-order valence-electron chi connectivity index (χ4n) is 5.25. The van der Waals surface area contributed by atoms with Gasteiger partial charge in [-0.15, -0.1) is 0 Å². The van der Waals surface area contributed by atoms with Gasteiger partial charge in [-0.1, -0.05) is 48.5 Å². The van der Waals surface area contributed by atoms with Crippen molar-refractivity contribution in [3.8, 4) is 28.3 Å². The van der Waals surface area contributed by atoms with Crippen LogP contribution in [-0.4, -0.2) is 41.5 Å². The summed E-state index contributed by atoms with van der Waals surface area (Å²) in [6.45, 7) is 9.56. The highest BCUT2D eigenvalue weighted by Crippen LogP contribution is 2.35. The van der Waals surface area contributed by atoms with E-state index in [9.17, 15) is 0 Å². The Bertz CT molecular complexity index is 1660. The van der Waals surface area contributed by atoms with Crippen molar-refractivity contribution in [3.05, 3.63) is 106 Å². The van der Waals surface area contributed by atoms with Crippen molar-refractivity contribution >= 4 is 11.1 Å². The highest BCUT2D eigenvalue weighted by atomic mass is 16.5. The minimum atomic E-state index is 0.111. The van der Waals surface area contributed by atoms with E-state index in [0.29, 0.717) is 32.1 Å². The molecular weight excluding hydrogens is 526 g/mol. The lowest BCUT2D eigenvalue weighted by molar-refractivity contribution is 0.291. The van der Waals surface area contributed by atoms with Crippen molar-refractivity contribution in [1.82, 2.24) is 15.6 Å². The fourth-order valence-corrected chi connectivity index (χ4v) is 5.25. The summed E-state index contributed by atoms with van der Waals surface area (Å²) in [6.07, 6.45) is 0. The van der Waals surface area contributed by atoms with E-state index in [1.54, 1.807) is 0 Å². The third kappa shape index (κ3) is 6.72. The predicted octanol–water partition coefficient (Wildman–Crippen LogP) is 5.83. The van der Waals surface area contributed by atoms with Gasteiger partial charge in [0.2, 0.25) is 5.89 Å². The molecule has 0 atom stereocenters. The van der Waals surface area contributed by atoms with Crippen molar-refractivity contribution in [2.24, 2.45) is 0 Å². The van der Waals surface area contributed by atoms with E-state index in [1.807, 2.05) is 24.3 Å². The van der Waals surface area contributed by atoms with Gasteiger partial charge in [-0.2, -0.15) is 0 Å². The lowest BCUT2D eigenvalue weighted by Crippen LogP contribution is -2.17. The summed E-state index contributed by atoms with van der Waals surface area (Å²) in [4.78, 5) is 4.83. The van der Waals surface area contributed by atoms with E-state index < -0.39 is 0 Å². The van der Waals surface area contributed by atoms with Gasteiger partial charge in [0.1, 0.15) is 17.9 Å². The SMILES string of the molecule is Cc1cc(CNCCO)ccc1OCc1cccc(-c2cccc(-c3nc4cc(CNCCO)ccc4o3)c2C)c1C. The van der Waals surface area contributed by atoms with Gasteiger partial charge in [-0.05, 0) is 89.5 Å². The molecule has 0 unspecified atom stereocenters. The number of ether oxygens (including phenoxy) is 1. The molecule has 0 aliphatic carbocycles. The molecule has 0 aliphatic rings. The van der Waals surface area contributed by atoms with Gasteiger partial charge in [0.05, 0.1) is 13.2 Å². The molecule has 218 valence electrons. The standard InChI is InChI=1S/C35H39N3O4/c1-23-18-26(20-36-14-16-39)10-12-33(23)41-22-28-6-4-7-29(24(28)2)30-8-5-9-31(25(30)3)35-38-32-19-27(21-37-15-17-40)11-13-34(32)42-35/h4-13,18-19,36-37,39-40H,14-17,20-22H2,1-3H3. The number of aliphatic hydroxyl groups excluding tert-OH is 2. The number of nitrogens with one attached hydrogen (secondary N) is 2. The van der Waals surface area contributed by atoms with E-state index in [1.165, 1.54) is 5.56 Å². The number of aliphatic hydroxyl groups is 2. The van der Waals surface area contributed by atoms with Gasteiger partial charge < -0.3 is 30.0 Å². The number of fused-ring (bicyclic) bond motifs is 1. The van der Waals surface area contributed by atoms with Gasteiger partial charge in [-0.3, -0.25) is 0 Å². The number of benzene rings is 4. The summed E-state index contributed by atoms with van der Waals surface area (Å²) in [7, 11) is 0. The lowest BCUT2D eigenvalue weighted by Gasteiger charge is -2.16. The normalized spacial score (nSPS) is 11.4. The topological polar surface area (TPSA) is 99.8 Å². The summed E-state index contributed by atoms with van der Waals surface area (Å²) in [6, 6.07) is 24.8. The van der Waals surface area contributed by atoms with E-state index >= 15 is 0 Å². The largest absolute Gasteiger partial charge is 0.489 e. The van der Waals surface area contributed by atoms with E-state index in [-0.39, 0.29) is 13.2 Å². The van der Waals surface area contributed by atoms with Crippen LogP contribution in [0.1, 0.15) is 33.4 Å². The first-order valence-electron chi connectivity index (χ1n) is 14.4. The van der Waals surface area contributed by atoms with Crippen molar-refractivity contribution in [1.29, 1.82) is 0 Å². The minimum absolute atomic E-state index is 0.111. The molecule has 0 fully saturated rings. The number of aromatic nitrogens is 1. The maximum Gasteiger partial charge on any atom is 0.227 e. The quantitative estimate of drug-likeness (QED) is 0.133. The summed E-state index contributed by atoms with van der Waals surface area (Å²) in [5, 5.41) is 24.4. The second-order valence-electron chi connectivity index (χ2n) is 10.6. The number of rotatable bonds is 13. The molecule has 1 heterocycles. The van der Waals surface area contributed by atoms with Gasteiger partial charge >= 0.3 is 0 Å². The Kier molecular flexibility index (Phi) is 9.66. The molecule has 4 N–H and O–H groups in total. The molecule has 7 heteroatoms. The van der Waals surface area contributed by atoms with Gasteiger partial charge in [-0.25, -0.2) is 4.98 Å². The van der Waals surface area contributed by atoms with Gasteiger partial charge in [0.25, 0.3) is 0 Å². The van der Waals surface area contributed by atoms with E-state index in [4.69, 9.17) is 24.4 Å². The van der Waals surface area contributed by atoms with E-state index in [2.05, 4.69) is 79.9 Å². The third-order valence-electron chi connectivity index (χ3n) is 7.61. The Hall–Kier alpha value is -4.01. The molecule has 0 bridgehead atoms. The van der Waals surface area contributed by atoms with Crippen LogP contribution in [0.3, 0.4) is 0 Å². The maximum atomic E-state index is 9.03. The van der Waals surface area contributed by atoms with Crippen molar-refractivity contribution in [3.63, 3.8) is 0 Å². The molecule has 0 amide bonds. The van der Waals surface area contributed by atoms with Crippen molar-refractivity contribution in [2.45, 2.75) is 40.5 Å². The third-order valence-corrected chi connectivity index (χ3v) is 7.61. The molecule has 42 heavy (non-hydrogen) atoms. The van der Waals surface area contributed by atoms with Crippen molar-refractivity contribution < 1.29 is 19.4 Å². The first-order chi connectivity index (χ1) is 20.5. The molecule has 7 nitrogen and oxygen atoms in total. The Morgan fingerprint density at radius 3 is 2.10 bits per heavy atom. The summed E-state index contributed by atoms with van der Waals surface area (Å²) in [5.41, 5.74) is 11.6. The molecular formula is C35H39N3O4. The number of nitrogens with zero attached hydrogens (tertiary/aromatic N) is 1. The molecule has 0 spiro atoms. The van der Waals surface area contributed by atoms with Gasteiger partial charge in [0.15, 0.2) is 5.58 Å². The average molecular weight is 566 g/mol. The molecule has 0 radical (unpaired) electrons. The van der Waals surface area contributed by atoms with E-state index in [0.717, 1.165) is 67.9 Å². The molecule has 0 saturated heterocycles. The number of oxazole rings is 1. The van der Waals surface area contributed by atoms with Crippen LogP contribution in [-0.2, 0) is 19.7 Å². The monoisotopic (exact) mass is 565 g/mol. The van der Waals surface area contributed by atoms with Crippen LogP contribution >= 0.6 is 0 Å². The smallest absolute Gasteiger partial charge is 0.227 e. The van der Waals surface area contributed by atoms with Gasteiger partial charge in [0, 0.05) is 31.7 Å². The van der Waals surface area contributed by atoms with Crippen LogP contribution in [0.4, 0.5) is 0 Å². The number of aryl methyl sites for hydroxylation is 1. The predicted molar refractivity (Wildman–Crippen MR) is 167 cm³/mol. The summed E-state index contributed by atoms with van der Waals surface area (Å²) < 4.78 is 12.5. The Balaban J connectivity index is 1.36. The summed E-state index contributed by atoms with van der Waals surface area (Å²) in [5.74, 6) is 1.47. The fraction of sp³-hybridized carbons (Fsp3) is 0.286. The molecule has 1 aromatic heterocycles. The lowest BCUT2D eigenvalue weighted by atomic mass is 9.91. The average Bonchev–Trinajstić information content (AvgIpc) is 3.41. The Morgan fingerprint density at radius 1 is 0.738 bits per heavy atom. The zero-order valence-electron chi connectivity index (χ0n) is 24.5. The molecule has 5 aromatic rings. The summed E-state index contributed by atoms with van der Waals surface area (Å²) >= 11 is 0. The maximum absolute atomic E-state index is 9.03. The van der Waals surface area contributed by atoms with Crippen LogP contribution in [0.25, 0.3) is 33.7 Å². The van der Waals surface area contributed by atoms with Crippen LogP contribution in [0.2, 0.25) is 0 Å². The van der Waals surface area contributed by atoms with Crippen LogP contribution in [0, 0.1) is 20.8 Å². The zero-order valence-corrected chi connectivity index (χ0v) is 24.5. The minimum Gasteiger partial charge on any atom is -0.489 e. The highest BCUT2D eigenvalue weighted by Gasteiger charge is 2.16. The second-order valence-corrected chi connectivity index (χ2v) is 10.6. The zero-order chi connectivity index (χ0) is 29.5. The van der Waals surface area contributed by atoms with Crippen LogP contribution in [0.15, 0.2) is 77.2 Å². The molecule has 5 rings (SSSR count). The first-order valence-corrected chi connectivity index (χ1v) is 14.4. The molecule has 0 aliphatic heterocycles. The number of hydrogen-bond donors (Lipinski definition) is 4. The second kappa shape index (κ2) is 13.8.